The molecule has 2 rings (SSSR count). The summed E-state index contributed by atoms with van der Waals surface area (Å²) in [6.07, 6.45) is 2.17. The molecule has 2 aromatic rings. The van der Waals surface area contributed by atoms with Crippen molar-refractivity contribution in [1.82, 2.24) is 10.3 Å². The van der Waals surface area contributed by atoms with Gasteiger partial charge in [-0.25, -0.2) is 4.39 Å². The molecule has 3 N–H and O–H groups in total. The first kappa shape index (κ1) is 14.0. The fraction of sp³-hybridized carbons (Fsp3) is 0.200. The number of nitrogens with two attached hydrogens (primary N) is 1. The van der Waals surface area contributed by atoms with Gasteiger partial charge in [-0.3, -0.25) is 9.78 Å². The van der Waals surface area contributed by atoms with Crippen LogP contribution >= 0.6 is 0 Å². The van der Waals surface area contributed by atoms with Crippen molar-refractivity contribution in [3.63, 3.8) is 0 Å². The van der Waals surface area contributed by atoms with Crippen molar-refractivity contribution in [2.75, 3.05) is 12.3 Å². The SMILES string of the molecule is Nc1ccc(CC(=O)NCCc2ccccc2F)nc1. The van der Waals surface area contributed by atoms with Gasteiger partial charge < -0.3 is 11.1 Å². The van der Waals surface area contributed by atoms with Crippen LogP contribution in [0.4, 0.5) is 10.1 Å². The number of halogens is 1. The molecule has 1 aromatic heterocycles. The highest BCUT2D eigenvalue weighted by Crippen LogP contribution is 2.06. The van der Waals surface area contributed by atoms with E-state index in [-0.39, 0.29) is 18.1 Å². The molecule has 1 heterocycles. The van der Waals surface area contributed by atoms with Crippen LogP contribution in [0.3, 0.4) is 0 Å². The van der Waals surface area contributed by atoms with E-state index in [2.05, 4.69) is 10.3 Å². The lowest BCUT2D eigenvalue weighted by molar-refractivity contribution is -0.120. The Bertz CT molecular complexity index is 584. The van der Waals surface area contributed by atoms with Crippen molar-refractivity contribution in [3.05, 3.63) is 59.7 Å². The van der Waals surface area contributed by atoms with Gasteiger partial charge in [0.05, 0.1) is 18.3 Å². The summed E-state index contributed by atoms with van der Waals surface area (Å²) >= 11 is 0. The molecule has 1 aromatic carbocycles. The summed E-state index contributed by atoms with van der Waals surface area (Å²) in [5.74, 6) is -0.388. The van der Waals surface area contributed by atoms with Crippen LogP contribution in [0.1, 0.15) is 11.3 Å². The van der Waals surface area contributed by atoms with Crippen LogP contribution in [0, 0.1) is 5.82 Å². The van der Waals surface area contributed by atoms with Crippen LogP contribution in [0.5, 0.6) is 0 Å². The number of nitrogens with zero attached hydrogens (tertiary/aromatic N) is 1. The fourth-order valence-electron chi connectivity index (χ4n) is 1.81. The van der Waals surface area contributed by atoms with Gasteiger partial charge in [0.15, 0.2) is 0 Å². The molecule has 4 nitrogen and oxygen atoms in total. The minimum absolute atomic E-state index is 0.140. The van der Waals surface area contributed by atoms with Crippen LogP contribution in [0.25, 0.3) is 0 Å². The Morgan fingerprint density at radius 2 is 2.05 bits per heavy atom. The molecule has 0 radical (unpaired) electrons. The summed E-state index contributed by atoms with van der Waals surface area (Å²) in [5.41, 5.74) is 7.33. The third-order valence-electron chi connectivity index (χ3n) is 2.86. The Labute approximate surface area is 116 Å². The van der Waals surface area contributed by atoms with Gasteiger partial charge in [0, 0.05) is 12.2 Å². The molecule has 0 atom stereocenters. The Hall–Kier alpha value is -2.43. The first-order valence-electron chi connectivity index (χ1n) is 6.35. The van der Waals surface area contributed by atoms with Crippen molar-refractivity contribution in [2.45, 2.75) is 12.8 Å². The van der Waals surface area contributed by atoms with Crippen LogP contribution in [-0.4, -0.2) is 17.4 Å². The van der Waals surface area contributed by atoms with Gasteiger partial charge in [0.25, 0.3) is 0 Å². The number of hydrogen-bond acceptors (Lipinski definition) is 3. The largest absolute Gasteiger partial charge is 0.397 e. The number of anilines is 1. The molecule has 0 saturated heterocycles. The van der Waals surface area contributed by atoms with E-state index < -0.39 is 0 Å². The van der Waals surface area contributed by atoms with Gasteiger partial charge in [0.2, 0.25) is 5.91 Å². The zero-order valence-electron chi connectivity index (χ0n) is 11.0. The highest BCUT2D eigenvalue weighted by Gasteiger charge is 2.05. The van der Waals surface area contributed by atoms with Crippen molar-refractivity contribution in [3.8, 4) is 0 Å². The molecular weight excluding hydrogens is 257 g/mol. The van der Waals surface area contributed by atoms with E-state index in [0.29, 0.717) is 29.9 Å². The summed E-state index contributed by atoms with van der Waals surface area (Å²) in [6, 6.07) is 9.96. The number of carbonyl (C=O) groups is 1. The molecule has 104 valence electrons. The number of nitrogens with one attached hydrogen (secondary N) is 1. The van der Waals surface area contributed by atoms with E-state index in [4.69, 9.17) is 5.73 Å². The fourth-order valence-corrected chi connectivity index (χ4v) is 1.81. The highest BCUT2D eigenvalue weighted by atomic mass is 19.1. The van der Waals surface area contributed by atoms with E-state index in [9.17, 15) is 9.18 Å². The minimum Gasteiger partial charge on any atom is -0.397 e. The lowest BCUT2D eigenvalue weighted by Crippen LogP contribution is -2.27. The zero-order valence-corrected chi connectivity index (χ0v) is 11.0. The van der Waals surface area contributed by atoms with Gasteiger partial charge >= 0.3 is 0 Å². The Morgan fingerprint density at radius 3 is 2.75 bits per heavy atom. The number of nitrogen functional groups attached to an aromatic ring is 1. The van der Waals surface area contributed by atoms with Crippen LogP contribution in [-0.2, 0) is 17.6 Å². The van der Waals surface area contributed by atoms with Crippen molar-refractivity contribution in [2.24, 2.45) is 0 Å². The summed E-state index contributed by atoms with van der Waals surface area (Å²) in [5, 5.41) is 2.74. The standard InChI is InChI=1S/C15H16FN3O/c16-14-4-2-1-3-11(14)7-8-18-15(20)9-13-6-5-12(17)10-19-13/h1-6,10H,7-9,17H2,(H,18,20). The quantitative estimate of drug-likeness (QED) is 0.871. The van der Waals surface area contributed by atoms with Crippen molar-refractivity contribution >= 4 is 11.6 Å². The summed E-state index contributed by atoms with van der Waals surface area (Å²) in [7, 11) is 0. The number of amides is 1. The molecule has 0 aliphatic heterocycles. The lowest BCUT2D eigenvalue weighted by atomic mass is 10.1. The van der Waals surface area contributed by atoms with Crippen LogP contribution in [0.15, 0.2) is 42.6 Å². The van der Waals surface area contributed by atoms with E-state index in [1.54, 1.807) is 30.3 Å². The Balaban J connectivity index is 1.78. The van der Waals surface area contributed by atoms with E-state index in [1.807, 2.05) is 0 Å². The molecular formula is C15H16FN3O. The normalized spacial score (nSPS) is 10.2. The molecule has 1 amide bonds. The van der Waals surface area contributed by atoms with Crippen LogP contribution < -0.4 is 11.1 Å². The van der Waals surface area contributed by atoms with Gasteiger partial charge in [-0.15, -0.1) is 0 Å². The lowest BCUT2D eigenvalue weighted by Gasteiger charge is -2.06. The van der Waals surface area contributed by atoms with Gasteiger partial charge in [-0.1, -0.05) is 18.2 Å². The molecule has 0 bridgehead atoms. The molecule has 0 aliphatic carbocycles. The maximum absolute atomic E-state index is 13.4. The molecule has 0 fully saturated rings. The average Bonchev–Trinajstić information content (AvgIpc) is 2.43. The molecule has 0 spiro atoms. The second-order valence-electron chi connectivity index (χ2n) is 4.45. The highest BCUT2D eigenvalue weighted by molar-refractivity contribution is 5.78. The number of rotatable bonds is 5. The van der Waals surface area contributed by atoms with Gasteiger partial charge in [-0.2, -0.15) is 0 Å². The van der Waals surface area contributed by atoms with E-state index >= 15 is 0 Å². The monoisotopic (exact) mass is 273 g/mol. The Kier molecular flexibility index (Phi) is 4.65. The Morgan fingerprint density at radius 1 is 1.25 bits per heavy atom. The number of hydrogen-bond donors (Lipinski definition) is 2. The van der Waals surface area contributed by atoms with Crippen molar-refractivity contribution in [1.29, 1.82) is 0 Å². The zero-order chi connectivity index (χ0) is 14.4. The predicted molar refractivity (Wildman–Crippen MR) is 75.5 cm³/mol. The first-order valence-corrected chi connectivity index (χ1v) is 6.35. The molecule has 5 heteroatoms. The summed E-state index contributed by atoms with van der Waals surface area (Å²) < 4.78 is 13.4. The average molecular weight is 273 g/mol. The summed E-state index contributed by atoms with van der Waals surface area (Å²) in [4.78, 5) is 15.7. The smallest absolute Gasteiger partial charge is 0.226 e. The topological polar surface area (TPSA) is 68.0 Å². The van der Waals surface area contributed by atoms with Crippen molar-refractivity contribution < 1.29 is 9.18 Å². The van der Waals surface area contributed by atoms with E-state index in [1.165, 1.54) is 12.3 Å². The van der Waals surface area contributed by atoms with Gasteiger partial charge in [-0.05, 0) is 30.2 Å². The molecule has 0 aliphatic rings. The molecule has 20 heavy (non-hydrogen) atoms. The number of carbonyl (C=O) groups excluding carboxylic acids is 1. The van der Waals surface area contributed by atoms with Gasteiger partial charge in [0.1, 0.15) is 5.82 Å². The second kappa shape index (κ2) is 6.65. The third-order valence-corrected chi connectivity index (χ3v) is 2.86. The number of benzene rings is 1. The van der Waals surface area contributed by atoms with Crippen LogP contribution in [0.2, 0.25) is 0 Å². The maximum atomic E-state index is 13.4. The third kappa shape index (κ3) is 4.05. The first-order chi connectivity index (χ1) is 9.65. The number of pyridine rings is 1. The second-order valence-corrected chi connectivity index (χ2v) is 4.45. The molecule has 0 unspecified atom stereocenters. The minimum atomic E-state index is -0.248. The summed E-state index contributed by atoms with van der Waals surface area (Å²) in [6.45, 7) is 0.398. The predicted octanol–water partition coefficient (Wildman–Crippen LogP) is 1.70. The molecule has 0 saturated carbocycles. The maximum Gasteiger partial charge on any atom is 0.226 e. The van der Waals surface area contributed by atoms with E-state index in [0.717, 1.165) is 0 Å². The number of aromatic nitrogens is 1.